The fourth-order valence-electron chi connectivity index (χ4n) is 3.67. The number of rotatable bonds is 4. The molecule has 1 saturated heterocycles. The number of nitrogens with zero attached hydrogens (tertiary/aromatic N) is 4. The van der Waals surface area contributed by atoms with Crippen LogP contribution in [0.1, 0.15) is 51.5 Å². The SMILES string of the molecule is CC1=CON(C(N)=O)C(OC(=O)c2csc(C3CCN(C(=O)c4ccccc4OC(F)(F)F)CC3)n2)=N1. The van der Waals surface area contributed by atoms with Crippen LogP contribution in [0.5, 0.6) is 5.75 Å². The summed E-state index contributed by atoms with van der Waals surface area (Å²) in [4.78, 5) is 51.6. The molecule has 2 aromatic rings. The molecule has 0 bridgehead atoms. The molecule has 3 amide bonds. The van der Waals surface area contributed by atoms with Crippen LogP contribution in [-0.2, 0) is 9.57 Å². The molecule has 0 aliphatic carbocycles. The van der Waals surface area contributed by atoms with Crippen LogP contribution in [0.2, 0.25) is 0 Å². The number of allylic oxidation sites excluding steroid dienone is 1. The van der Waals surface area contributed by atoms with Gasteiger partial charge in [0.15, 0.2) is 5.69 Å². The lowest BCUT2D eigenvalue weighted by Gasteiger charge is -2.31. The molecule has 196 valence electrons. The number of esters is 1. The van der Waals surface area contributed by atoms with Gasteiger partial charge in [-0.05, 0) is 31.9 Å². The number of primary amides is 1. The van der Waals surface area contributed by atoms with E-state index in [1.54, 1.807) is 6.92 Å². The van der Waals surface area contributed by atoms with Gasteiger partial charge in [0.1, 0.15) is 12.0 Å². The first-order chi connectivity index (χ1) is 17.5. The summed E-state index contributed by atoms with van der Waals surface area (Å²) in [7, 11) is 0. The summed E-state index contributed by atoms with van der Waals surface area (Å²) in [6.07, 6.45) is -2.80. The number of hydrogen-bond donors (Lipinski definition) is 1. The number of aromatic nitrogens is 1. The number of urea groups is 1. The summed E-state index contributed by atoms with van der Waals surface area (Å²) < 4.78 is 47.2. The Bertz CT molecular complexity index is 1270. The van der Waals surface area contributed by atoms with E-state index in [0.29, 0.717) is 28.6 Å². The average molecular weight is 539 g/mol. The molecular formula is C22H20F3N5O6S. The summed E-state index contributed by atoms with van der Waals surface area (Å²) in [6, 6.07) is 3.70. The average Bonchev–Trinajstić information content (AvgIpc) is 3.34. The lowest BCUT2D eigenvalue weighted by Crippen LogP contribution is -2.43. The number of amides is 3. The second-order valence-electron chi connectivity index (χ2n) is 7.96. The van der Waals surface area contributed by atoms with E-state index < -0.39 is 36.0 Å². The molecule has 1 aromatic heterocycles. The predicted molar refractivity (Wildman–Crippen MR) is 122 cm³/mol. The number of hydroxylamine groups is 2. The largest absolute Gasteiger partial charge is 0.573 e. The van der Waals surface area contributed by atoms with Crippen LogP contribution in [0.15, 0.2) is 46.6 Å². The maximum atomic E-state index is 12.9. The Hall–Kier alpha value is -4.14. The van der Waals surface area contributed by atoms with Crippen LogP contribution in [0.4, 0.5) is 18.0 Å². The van der Waals surface area contributed by atoms with Crippen molar-refractivity contribution in [2.75, 3.05) is 13.1 Å². The van der Waals surface area contributed by atoms with E-state index in [1.165, 1.54) is 39.8 Å². The normalized spacial score (nSPS) is 16.4. The van der Waals surface area contributed by atoms with Gasteiger partial charge in [-0.1, -0.05) is 17.2 Å². The number of piperidine rings is 1. The number of thiazole rings is 1. The van der Waals surface area contributed by atoms with Gasteiger partial charge in [-0.2, -0.15) is 4.99 Å². The zero-order valence-electron chi connectivity index (χ0n) is 19.2. The van der Waals surface area contributed by atoms with Gasteiger partial charge in [-0.25, -0.2) is 14.6 Å². The van der Waals surface area contributed by atoms with Crippen LogP contribution in [-0.4, -0.2) is 58.3 Å². The predicted octanol–water partition coefficient (Wildman–Crippen LogP) is 3.76. The number of amidine groups is 1. The second kappa shape index (κ2) is 10.5. The molecule has 0 saturated carbocycles. The third-order valence-electron chi connectivity index (χ3n) is 5.36. The molecular weight excluding hydrogens is 519 g/mol. The highest BCUT2D eigenvalue weighted by Crippen LogP contribution is 2.33. The van der Waals surface area contributed by atoms with Crippen LogP contribution in [0.3, 0.4) is 0 Å². The standard InChI is InChI=1S/C22H20F3N5O6S/c1-12-10-34-30(20(26)33)21(27-12)35-19(32)15-11-37-17(28-15)13-6-8-29(9-7-13)18(31)14-4-2-3-5-16(14)36-22(23,24)25/h2-5,10-11,13H,6-9H2,1H3,(H2,26,33). The van der Waals surface area contributed by atoms with Crippen molar-refractivity contribution < 1.29 is 41.9 Å². The maximum absolute atomic E-state index is 12.9. The first kappa shape index (κ1) is 25.9. The van der Waals surface area contributed by atoms with Gasteiger partial charge >= 0.3 is 24.4 Å². The molecule has 0 atom stereocenters. The van der Waals surface area contributed by atoms with Gasteiger partial charge in [0.25, 0.3) is 5.91 Å². The topological polar surface area (TPSA) is 137 Å². The number of aliphatic imine (C=N–C) groups is 1. The third-order valence-corrected chi connectivity index (χ3v) is 6.37. The molecule has 11 nitrogen and oxygen atoms in total. The van der Waals surface area contributed by atoms with E-state index in [0.717, 1.165) is 12.3 Å². The number of halogens is 3. The molecule has 15 heteroatoms. The molecule has 4 rings (SSSR count). The summed E-state index contributed by atoms with van der Waals surface area (Å²) in [5.41, 5.74) is 5.33. The van der Waals surface area contributed by atoms with Crippen molar-refractivity contribution in [1.82, 2.24) is 14.9 Å². The fourth-order valence-corrected chi connectivity index (χ4v) is 4.63. The van der Waals surface area contributed by atoms with Crippen molar-refractivity contribution >= 4 is 35.3 Å². The molecule has 37 heavy (non-hydrogen) atoms. The summed E-state index contributed by atoms with van der Waals surface area (Å²) >= 11 is 1.22. The van der Waals surface area contributed by atoms with Crippen LogP contribution in [0.25, 0.3) is 0 Å². The minimum atomic E-state index is -4.92. The smallest absolute Gasteiger partial charge is 0.405 e. The molecule has 0 unspecified atom stereocenters. The molecule has 1 fully saturated rings. The van der Waals surface area contributed by atoms with E-state index >= 15 is 0 Å². The Morgan fingerprint density at radius 2 is 1.89 bits per heavy atom. The van der Waals surface area contributed by atoms with Gasteiger partial charge in [0, 0.05) is 24.4 Å². The lowest BCUT2D eigenvalue weighted by molar-refractivity contribution is -0.274. The number of para-hydroxylation sites is 1. The number of benzene rings is 1. The number of carbonyl (C=O) groups excluding carboxylic acids is 3. The Labute approximate surface area is 211 Å². The zero-order valence-corrected chi connectivity index (χ0v) is 20.0. The van der Waals surface area contributed by atoms with Gasteiger partial charge < -0.3 is 24.9 Å². The van der Waals surface area contributed by atoms with E-state index in [-0.39, 0.29) is 30.3 Å². The van der Waals surface area contributed by atoms with Gasteiger partial charge in [-0.15, -0.1) is 24.5 Å². The number of likely N-dealkylation sites (tertiary alicyclic amines) is 1. The zero-order chi connectivity index (χ0) is 26.7. The van der Waals surface area contributed by atoms with E-state index in [2.05, 4.69) is 14.7 Å². The van der Waals surface area contributed by atoms with Crippen molar-refractivity contribution in [2.45, 2.75) is 32.0 Å². The second-order valence-corrected chi connectivity index (χ2v) is 8.85. The number of ether oxygens (including phenoxy) is 2. The fraction of sp³-hybridized carbons (Fsp3) is 0.318. The minimum Gasteiger partial charge on any atom is -0.405 e. The van der Waals surface area contributed by atoms with Crippen molar-refractivity contribution in [1.29, 1.82) is 0 Å². The molecule has 2 N–H and O–H groups in total. The van der Waals surface area contributed by atoms with Crippen molar-refractivity contribution in [2.24, 2.45) is 10.7 Å². The summed E-state index contributed by atoms with van der Waals surface area (Å²) in [6.45, 7) is 2.11. The first-order valence-electron chi connectivity index (χ1n) is 10.9. The molecule has 0 spiro atoms. The highest BCUT2D eigenvalue weighted by atomic mass is 32.1. The van der Waals surface area contributed by atoms with Crippen molar-refractivity contribution in [3.8, 4) is 5.75 Å². The van der Waals surface area contributed by atoms with Crippen molar-refractivity contribution in [3.05, 3.63) is 57.9 Å². The Morgan fingerprint density at radius 1 is 1.19 bits per heavy atom. The van der Waals surface area contributed by atoms with Crippen LogP contribution < -0.4 is 10.5 Å². The summed E-state index contributed by atoms with van der Waals surface area (Å²) in [5.74, 6) is -2.08. The van der Waals surface area contributed by atoms with Crippen molar-refractivity contribution in [3.63, 3.8) is 0 Å². The quantitative estimate of drug-likeness (QED) is 0.584. The number of hydrogen-bond acceptors (Lipinski definition) is 9. The van der Waals surface area contributed by atoms with E-state index in [1.807, 2.05) is 0 Å². The highest BCUT2D eigenvalue weighted by molar-refractivity contribution is 7.09. The van der Waals surface area contributed by atoms with E-state index in [4.69, 9.17) is 15.3 Å². The van der Waals surface area contributed by atoms with Crippen LogP contribution >= 0.6 is 11.3 Å². The number of carbonyl (C=O) groups is 3. The number of nitrogens with two attached hydrogens (primary N) is 1. The Morgan fingerprint density at radius 3 is 2.57 bits per heavy atom. The van der Waals surface area contributed by atoms with Gasteiger partial charge in [0.05, 0.1) is 16.3 Å². The number of alkyl halides is 3. The maximum Gasteiger partial charge on any atom is 0.573 e. The molecule has 2 aliphatic heterocycles. The Kier molecular flexibility index (Phi) is 7.33. The lowest BCUT2D eigenvalue weighted by atomic mass is 9.97. The third kappa shape index (κ3) is 6.17. The van der Waals surface area contributed by atoms with E-state index in [9.17, 15) is 27.6 Å². The Balaban J connectivity index is 1.38. The monoisotopic (exact) mass is 539 g/mol. The molecule has 1 aromatic carbocycles. The van der Waals surface area contributed by atoms with Gasteiger partial charge in [-0.3, -0.25) is 4.79 Å². The first-order valence-corrected chi connectivity index (χ1v) is 11.7. The van der Waals surface area contributed by atoms with Gasteiger partial charge in [0.2, 0.25) is 0 Å². The molecule has 2 aliphatic rings. The molecule has 0 radical (unpaired) electrons. The minimum absolute atomic E-state index is 0.0175. The summed E-state index contributed by atoms with van der Waals surface area (Å²) in [5, 5.41) is 2.63. The molecule has 3 heterocycles. The highest BCUT2D eigenvalue weighted by Gasteiger charge is 2.34. The van der Waals surface area contributed by atoms with Crippen LogP contribution in [0, 0.1) is 0 Å².